The first-order valence-corrected chi connectivity index (χ1v) is 8.11. The zero-order valence-electron chi connectivity index (χ0n) is 13.6. The van der Waals surface area contributed by atoms with Crippen LogP contribution in [0.15, 0.2) is 29.1 Å². The highest BCUT2D eigenvalue weighted by Crippen LogP contribution is 2.11. The highest BCUT2D eigenvalue weighted by atomic mass is 16.5. The van der Waals surface area contributed by atoms with Crippen molar-refractivity contribution in [3.05, 3.63) is 40.3 Å². The van der Waals surface area contributed by atoms with E-state index in [1.807, 2.05) is 12.1 Å². The molecule has 3 rings (SSSR count). The quantitative estimate of drug-likeness (QED) is 0.830. The predicted molar refractivity (Wildman–Crippen MR) is 89.2 cm³/mol. The lowest BCUT2D eigenvalue weighted by atomic mass is 10.1. The molecule has 1 aromatic heterocycles. The summed E-state index contributed by atoms with van der Waals surface area (Å²) in [6, 6.07) is 7.19. The number of carboxylic acids is 1. The number of rotatable bonds is 4. The largest absolute Gasteiger partial charge is 0.481 e. The third-order valence-electron chi connectivity index (χ3n) is 4.21. The van der Waals surface area contributed by atoms with E-state index in [2.05, 4.69) is 9.97 Å². The first kappa shape index (κ1) is 17.1. The van der Waals surface area contributed by atoms with Crippen LogP contribution in [0, 0.1) is 5.92 Å². The van der Waals surface area contributed by atoms with Crippen molar-refractivity contribution in [1.82, 2.24) is 14.9 Å². The molecule has 132 valence electrons. The Balaban J connectivity index is 1.68. The van der Waals surface area contributed by atoms with Crippen LogP contribution in [0.25, 0.3) is 11.0 Å². The van der Waals surface area contributed by atoms with Gasteiger partial charge in [-0.2, -0.15) is 0 Å². The number of para-hydroxylation sites is 2. The van der Waals surface area contributed by atoms with Crippen molar-refractivity contribution in [2.75, 3.05) is 26.3 Å². The number of hydrogen-bond acceptors (Lipinski definition) is 5. The molecule has 1 aliphatic rings. The molecule has 2 heterocycles. The van der Waals surface area contributed by atoms with Crippen molar-refractivity contribution >= 4 is 22.9 Å². The summed E-state index contributed by atoms with van der Waals surface area (Å²) in [5.41, 5.74) is 1.30. The number of aryl methyl sites for hydroxylation is 1. The van der Waals surface area contributed by atoms with E-state index < -0.39 is 11.9 Å². The molecule has 1 amide bonds. The van der Waals surface area contributed by atoms with Crippen LogP contribution in [0.1, 0.15) is 12.1 Å². The van der Waals surface area contributed by atoms with Crippen LogP contribution in [-0.2, 0) is 20.7 Å². The molecule has 1 saturated heterocycles. The fourth-order valence-corrected chi connectivity index (χ4v) is 2.81. The highest BCUT2D eigenvalue weighted by Gasteiger charge is 2.27. The summed E-state index contributed by atoms with van der Waals surface area (Å²) >= 11 is 0. The molecule has 0 bridgehead atoms. The van der Waals surface area contributed by atoms with Crippen LogP contribution >= 0.6 is 0 Å². The van der Waals surface area contributed by atoms with Crippen molar-refractivity contribution in [2.24, 2.45) is 5.92 Å². The number of nitrogens with zero attached hydrogens (tertiary/aromatic N) is 2. The maximum Gasteiger partial charge on any atom is 0.310 e. The lowest BCUT2D eigenvalue weighted by Gasteiger charge is -2.21. The first-order chi connectivity index (χ1) is 12.0. The number of aromatic nitrogens is 2. The number of H-pyrrole nitrogens is 1. The standard InChI is InChI=1S/C17H19N3O5/c21-15(20-7-8-25-10-11(9-20)17(23)24)6-5-14-16(22)19-13-4-2-1-3-12(13)18-14/h1-4,11H,5-10H2,(H,19,22)(H,23,24). The number of fused-ring (bicyclic) bond motifs is 1. The predicted octanol–water partition coefficient (Wildman–Crippen LogP) is 0.415. The average molecular weight is 345 g/mol. The number of hydrogen-bond donors (Lipinski definition) is 2. The topological polar surface area (TPSA) is 113 Å². The summed E-state index contributed by atoms with van der Waals surface area (Å²) in [6.45, 7) is 0.884. The molecule has 1 aromatic carbocycles. The number of carbonyl (C=O) groups excluding carboxylic acids is 1. The maximum atomic E-state index is 12.4. The van der Waals surface area contributed by atoms with Crippen molar-refractivity contribution < 1.29 is 19.4 Å². The Kier molecular flexibility index (Phi) is 5.08. The van der Waals surface area contributed by atoms with Gasteiger partial charge >= 0.3 is 5.97 Å². The molecule has 8 heteroatoms. The van der Waals surface area contributed by atoms with E-state index in [1.165, 1.54) is 4.90 Å². The Morgan fingerprint density at radius 2 is 2.16 bits per heavy atom. The Morgan fingerprint density at radius 1 is 1.36 bits per heavy atom. The van der Waals surface area contributed by atoms with Gasteiger partial charge in [0.15, 0.2) is 0 Å². The molecular weight excluding hydrogens is 326 g/mol. The molecule has 1 unspecified atom stereocenters. The van der Waals surface area contributed by atoms with E-state index in [9.17, 15) is 14.4 Å². The molecular formula is C17H19N3O5. The Hall–Kier alpha value is -2.74. The average Bonchev–Trinajstić information content (AvgIpc) is 2.86. The fraction of sp³-hybridized carbons (Fsp3) is 0.412. The number of aliphatic carboxylic acids is 1. The molecule has 2 N–H and O–H groups in total. The molecule has 2 aromatic rings. The van der Waals surface area contributed by atoms with Gasteiger partial charge in [0, 0.05) is 25.9 Å². The normalized spacial score (nSPS) is 18.1. The third-order valence-corrected chi connectivity index (χ3v) is 4.21. The van der Waals surface area contributed by atoms with Crippen LogP contribution in [0.4, 0.5) is 0 Å². The molecule has 0 aliphatic carbocycles. The lowest BCUT2D eigenvalue weighted by molar-refractivity contribution is -0.144. The molecule has 0 spiro atoms. The number of carboxylic acid groups (broad SMARTS) is 1. The number of benzene rings is 1. The van der Waals surface area contributed by atoms with Crippen molar-refractivity contribution in [3.8, 4) is 0 Å². The number of ether oxygens (including phenoxy) is 1. The monoisotopic (exact) mass is 345 g/mol. The Labute approximate surface area is 143 Å². The summed E-state index contributed by atoms with van der Waals surface area (Å²) < 4.78 is 5.24. The smallest absolute Gasteiger partial charge is 0.310 e. The van der Waals surface area contributed by atoms with Gasteiger partial charge < -0.3 is 19.7 Å². The molecule has 25 heavy (non-hydrogen) atoms. The van der Waals surface area contributed by atoms with Gasteiger partial charge in [-0.15, -0.1) is 0 Å². The van der Waals surface area contributed by atoms with E-state index in [4.69, 9.17) is 9.84 Å². The first-order valence-electron chi connectivity index (χ1n) is 8.11. The van der Waals surface area contributed by atoms with Gasteiger partial charge in [-0.3, -0.25) is 14.4 Å². The summed E-state index contributed by atoms with van der Waals surface area (Å²) in [7, 11) is 0. The van der Waals surface area contributed by atoms with Gasteiger partial charge in [0.05, 0.1) is 30.2 Å². The van der Waals surface area contributed by atoms with E-state index in [0.717, 1.165) is 0 Å². The second kappa shape index (κ2) is 7.43. The second-order valence-electron chi connectivity index (χ2n) is 5.98. The zero-order chi connectivity index (χ0) is 17.8. The molecule has 0 saturated carbocycles. The summed E-state index contributed by atoms with van der Waals surface area (Å²) in [6.07, 6.45) is 0.300. The second-order valence-corrected chi connectivity index (χ2v) is 5.98. The van der Waals surface area contributed by atoms with Gasteiger partial charge in [0.25, 0.3) is 5.56 Å². The maximum absolute atomic E-state index is 12.4. The van der Waals surface area contributed by atoms with Gasteiger partial charge in [-0.25, -0.2) is 4.98 Å². The van der Waals surface area contributed by atoms with Crippen LogP contribution in [0.5, 0.6) is 0 Å². The zero-order valence-corrected chi connectivity index (χ0v) is 13.6. The van der Waals surface area contributed by atoms with Crippen LogP contribution in [-0.4, -0.2) is 58.2 Å². The Bertz CT molecular complexity index is 848. The minimum atomic E-state index is -0.979. The van der Waals surface area contributed by atoms with E-state index in [0.29, 0.717) is 29.9 Å². The number of amides is 1. The van der Waals surface area contributed by atoms with Crippen LogP contribution in [0.3, 0.4) is 0 Å². The van der Waals surface area contributed by atoms with Gasteiger partial charge in [0.1, 0.15) is 5.69 Å². The van der Waals surface area contributed by atoms with Crippen molar-refractivity contribution in [1.29, 1.82) is 0 Å². The highest BCUT2D eigenvalue weighted by molar-refractivity contribution is 5.78. The summed E-state index contributed by atoms with van der Waals surface area (Å²) in [4.78, 5) is 44.2. The van der Waals surface area contributed by atoms with Crippen LogP contribution < -0.4 is 5.56 Å². The van der Waals surface area contributed by atoms with Gasteiger partial charge in [-0.1, -0.05) is 12.1 Å². The van der Waals surface area contributed by atoms with E-state index in [-0.39, 0.29) is 37.5 Å². The molecule has 1 atom stereocenters. The van der Waals surface area contributed by atoms with Crippen molar-refractivity contribution in [3.63, 3.8) is 0 Å². The Morgan fingerprint density at radius 3 is 2.96 bits per heavy atom. The minimum Gasteiger partial charge on any atom is -0.481 e. The fourth-order valence-electron chi connectivity index (χ4n) is 2.81. The lowest BCUT2D eigenvalue weighted by Crippen LogP contribution is -2.38. The minimum absolute atomic E-state index is 0.0980. The van der Waals surface area contributed by atoms with Gasteiger partial charge in [-0.05, 0) is 12.1 Å². The van der Waals surface area contributed by atoms with Gasteiger partial charge in [0.2, 0.25) is 5.91 Å². The van der Waals surface area contributed by atoms with E-state index >= 15 is 0 Å². The molecule has 0 radical (unpaired) electrons. The SMILES string of the molecule is O=C(O)C1COCCN(C(=O)CCc2nc3ccccc3[nH]c2=O)C1. The number of nitrogens with one attached hydrogen (secondary N) is 1. The summed E-state index contributed by atoms with van der Waals surface area (Å²) in [5.74, 6) is -1.91. The molecule has 1 fully saturated rings. The third kappa shape index (κ3) is 4.03. The number of carbonyl (C=O) groups is 2. The molecule has 8 nitrogen and oxygen atoms in total. The van der Waals surface area contributed by atoms with Crippen LogP contribution in [0.2, 0.25) is 0 Å². The summed E-state index contributed by atoms with van der Waals surface area (Å²) in [5, 5.41) is 9.13. The molecule has 1 aliphatic heterocycles. The number of aromatic amines is 1. The van der Waals surface area contributed by atoms with Crippen molar-refractivity contribution in [2.45, 2.75) is 12.8 Å². The van der Waals surface area contributed by atoms with E-state index in [1.54, 1.807) is 12.1 Å².